The van der Waals surface area contributed by atoms with Crippen LogP contribution in [0.4, 0.5) is 4.79 Å². The van der Waals surface area contributed by atoms with Crippen LogP contribution in [0, 0.1) is 0 Å². The predicted molar refractivity (Wildman–Crippen MR) is 62.3 cm³/mol. The van der Waals surface area contributed by atoms with E-state index in [1.54, 1.807) is 11.9 Å². The molecule has 0 aromatic carbocycles. The summed E-state index contributed by atoms with van der Waals surface area (Å²) in [6.07, 6.45) is 2.35. The highest BCUT2D eigenvalue weighted by molar-refractivity contribution is 5.80. The first-order chi connectivity index (χ1) is 7.43. The van der Waals surface area contributed by atoms with Crippen molar-refractivity contribution in [3.8, 4) is 0 Å². The number of aliphatic carboxylic acids is 1. The lowest BCUT2D eigenvalue weighted by Gasteiger charge is -2.30. The zero-order valence-electron chi connectivity index (χ0n) is 10.1. The fourth-order valence-corrected chi connectivity index (χ4v) is 1.21. The van der Waals surface area contributed by atoms with Gasteiger partial charge in [-0.05, 0) is 13.3 Å². The van der Waals surface area contributed by atoms with Crippen molar-refractivity contribution >= 4 is 12.0 Å². The van der Waals surface area contributed by atoms with Crippen LogP contribution in [0.2, 0.25) is 0 Å². The minimum absolute atomic E-state index is 0.0913. The van der Waals surface area contributed by atoms with Crippen molar-refractivity contribution < 1.29 is 14.7 Å². The number of amides is 2. The molecule has 1 atom stereocenters. The molecule has 0 rings (SSSR count). The fourth-order valence-electron chi connectivity index (χ4n) is 1.21. The maximum atomic E-state index is 11.9. The molecule has 0 saturated heterocycles. The Kier molecular flexibility index (Phi) is 6.22. The average molecular weight is 228 g/mol. The van der Waals surface area contributed by atoms with Crippen LogP contribution in [0.3, 0.4) is 0 Å². The highest BCUT2D eigenvalue weighted by atomic mass is 16.4. The van der Waals surface area contributed by atoms with Gasteiger partial charge in [0, 0.05) is 19.6 Å². The highest BCUT2D eigenvalue weighted by Gasteiger charge is 2.21. The van der Waals surface area contributed by atoms with Gasteiger partial charge in [-0.3, -0.25) is 4.79 Å². The predicted octanol–water partition coefficient (Wildman–Crippen LogP) is 1.41. The third kappa shape index (κ3) is 4.33. The molecule has 5 heteroatoms. The van der Waals surface area contributed by atoms with Crippen molar-refractivity contribution in [2.75, 3.05) is 20.1 Å². The number of carbonyl (C=O) groups is 2. The minimum atomic E-state index is -1.02. The Labute approximate surface area is 96.3 Å². The number of carbonyl (C=O) groups excluding carboxylic acids is 1. The van der Waals surface area contributed by atoms with Crippen LogP contribution in [0.25, 0.3) is 0 Å². The van der Waals surface area contributed by atoms with E-state index < -0.39 is 5.97 Å². The SMILES string of the molecule is C=CCN(CC(=O)O)C(=O)N(C)C(C)CC. The van der Waals surface area contributed by atoms with E-state index in [4.69, 9.17) is 5.11 Å². The number of carboxylic acid groups (broad SMARTS) is 1. The fraction of sp³-hybridized carbons (Fsp3) is 0.636. The maximum absolute atomic E-state index is 11.9. The number of hydrogen-bond acceptors (Lipinski definition) is 2. The molecule has 0 bridgehead atoms. The van der Waals surface area contributed by atoms with Crippen molar-refractivity contribution in [2.45, 2.75) is 26.3 Å². The molecule has 2 amide bonds. The summed E-state index contributed by atoms with van der Waals surface area (Å²) in [5, 5.41) is 8.69. The number of rotatable bonds is 6. The van der Waals surface area contributed by atoms with E-state index in [0.717, 1.165) is 6.42 Å². The van der Waals surface area contributed by atoms with E-state index in [9.17, 15) is 9.59 Å². The molecule has 0 saturated carbocycles. The van der Waals surface area contributed by atoms with E-state index in [1.165, 1.54) is 11.0 Å². The van der Waals surface area contributed by atoms with Crippen LogP contribution in [-0.2, 0) is 4.79 Å². The summed E-state index contributed by atoms with van der Waals surface area (Å²) in [6.45, 7) is 7.35. The smallest absolute Gasteiger partial charge is 0.323 e. The Morgan fingerprint density at radius 3 is 2.44 bits per heavy atom. The molecule has 0 aromatic rings. The standard InChI is InChI=1S/C11H20N2O3/c1-5-7-13(8-10(14)15)11(16)12(4)9(3)6-2/h5,9H,1,6-8H2,2-4H3,(H,14,15). The number of nitrogens with zero attached hydrogens (tertiary/aromatic N) is 2. The zero-order chi connectivity index (χ0) is 12.7. The van der Waals surface area contributed by atoms with Crippen LogP contribution in [0.1, 0.15) is 20.3 Å². The summed E-state index contributed by atoms with van der Waals surface area (Å²) in [5.74, 6) is -1.02. The van der Waals surface area contributed by atoms with Gasteiger partial charge in [-0.2, -0.15) is 0 Å². The average Bonchev–Trinajstić information content (AvgIpc) is 2.24. The molecule has 0 heterocycles. The summed E-state index contributed by atoms with van der Waals surface area (Å²) in [6, 6.07) is -0.190. The van der Waals surface area contributed by atoms with Crippen LogP contribution >= 0.6 is 0 Å². The second-order valence-electron chi connectivity index (χ2n) is 3.71. The van der Waals surface area contributed by atoms with Crippen molar-refractivity contribution in [2.24, 2.45) is 0 Å². The Morgan fingerprint density at radius 2 is 2.06 bits per heavy atom. The molecule has 0 fully saturated rings. The molecule has 1 unspecified atom stereocenters. The highest BCUT2D eigenvalue weighted by Crippen LogP contribution is 2.05. The van der Waals surface area contributed by atoms with Gasteiger partial charge in [0.1, 0.15) is 6.54 Å². The lowest BCUT2D eigenvalue weighted by atomic mass is 10.2. The molecule has 0 aliphatic rings. The molecule has 1 N–H and O–H groups in total. The zero-order valence-corrected chi connectivity index (χ0v) is 10.1. The van der Waals surface area contributed by atoms with Gasteiger partial charge in [0.15, 0.2) is 0 Å². The van der Waals surface area contributed by atoms with Gasteiger partial charge in [0.25, 0.3) is 0 Å². The first-order valence-electron chi connectivity index (χ1n) is 5.28. The van der Waals surface area contributed by atoms with Gasteiger partial charge in [0.05, 0.1) is 0 Å². The summed E-state index contributed by atoms with van der Waals surface area (Å²) in [4.78, 5) is 25.3. The molecule has 0 radical (unpaired) electrons. The van der Waals surface area contributed by atoms with E-state index in [2.05, 4.69) is 6.58 Å². The second-order valence-corrected chi connectivity index (χ2v) is 3.71. The Morgan fingerprint density at radius 1 is 1.50 bits per heavy atom. The monoisotopic (exact) mass is 228 g/mol. The molecule has 5 nitrogen and oxygen atoms in total. The van der Waals surface area contributed by atoms with Crippen molar-refractivity contribution in [3.63, 3.8) is 0 Å². The Bertz CT molecular complexity index is 266. The van der Waals surface area contributed by atoms with Crippen molar-refractivity contribution in [1.82, 2.24) is 9.80 Å². The van der Waals surface area contributed by atoms with Gasteiger partial charge in [-0.15, -0.1) is 6.58 Å². The molecular weight excluding hydrogens is 208 g/mol. The van der Waals surface area contributed by atoms with E-state index >= 15 is 0 Å². The molecule has 16 heavy (non-hydrogen) atoms. The number of carboxylic acids is 1. The quantitative estimate of drug-likeness (QED) is 0.699. The van der Waals surface area contributed by atoms with Crippen LogP contribution < -0.4 is 0 Å². The summed E-state index contributed by atoms with van der Waals surface area (Å²) in [5.41, 5.74) is 0. The van der Waals surface area contributed by atoms with Crippen LogP contribution in [-0.4, -0.2) is 53.1 Å². The van der Waals surface area contributed by atoms with Gasteiger partial charge in [-0.25, -0.2) is 4.79 Å². The molecule has 0 aliphatic carbocycles. The topological polar surface area (TPSA) is 60.9 Å². The molecule has 0 spiro atoms. The third-order valence-electron chi connectivity index (χ3n) is 2.50. The molecule has 0 aromatic heterocycles. The first-order valence-corrected chi connectivity index (χ1v) is 5.28. The second kappa shape index (κ2) is 6.87. The minimum Gasteiger partial charge on any atom is -0.480 e. The van der Waals surface area contributed by atoms with Crippen LogP contribution in [0.5, 0.6) is 0 Å². The summed E-state index contributed by atoms with van der Waals surface area (Å²) in [7, 11) is 1.68. The van der Waals surface area contributed by atoms with Gasteiger partial charge in [-0.1, -0.05) is 13.0 Å². The van der Waals surface area contributed by atoms with Gasteiger partial charge < -0.3 is 14.9 Å². The third-order valence-corrected chi connectivity index (χ3v) is 2.50. The maximum Gasteiger partial charge on any atom is 0.323 e. The Balaban J connectivity index is 4.58. The lowest BCUT2D eigenvalue weighted by Crippen LogP contribution is -2.46. The number of hydrogen-bond donors (Lipinski definition) is 1. The van der Waals surface area contributed by atoms with E-state index in [1.807, 2.05) is 13.8 Å². The van der Waals surface area contributed by atoms with E-state index in [0.29, 0.717) is 0 Å². The lowest BCUT2D eigenvalue weighted by molar-refractivity contribution is -0.137. The molecule has 92 valence electrons. The molecular formula is C11H20N2O3. The Hall–Kier alpha value is -1.52. The van der Waals surface area contributed by atoms with Gasteiger partial charge in [0.2, 0.25) is 0 Å². The molecule has 0 aliphatic heterocycles. The largest absolute Gasteiger partial charge is 0.480 e. The summed E-state index contributed by atoms with van der Waals surface area (Å²) >= 11 is 0. The normalized spacial score (nSPS) is 11.7. The van der Waals surface area contributed by atoms with Crippen molar-refractivity contribution in [3.05, 3.63) is 12.7 Å². The number of urea groups is 1. The summed E-state index contributed by atoms with van der Waals surface area (Å²) < 4.78 is 0. The van der Waals surface area contributed by atoms with Crippen LogP contribution in [0.15, 0.2) is 12.7 Å². The first kappa shape index (κ1) is 14.5. The van der Waals surface area contributed by atoms with Crippen molar-refractivity contribution in [1.29, 1.82) is 0 Å². The van der Waals surface area contributed by atoms with E-state index in [-0.39, 0.29) is 25.2 Å². The van der Waals surface area contributed by atoms with Gasteiger partial charge >= 0.3 is 12.0 Å².